The van der Waals surface area contributed by atoms with E-state index in [2.05, 4.69) is 10.7 Å². The number of carbonyl (C=O) groups is 1. The summed E-state index contributed by atoms with van der Waals surface area (Å²) in [6, 6.07) is 8.34. The van der Waals surface area contributed by atoms with Crippen LogP contribution in [0.4, 0.5) is 11.4 Å². The van der Waals surface area contributed by atoms with Gasteiger partial charge >= 0.3 is 0 Å². The number of nitro benzene ring substituents is 1. The molecule has 1 amide bonds. The van der Waals surface area contributed by atoms with Gasteiger partial charge in [0.15, 0.2) is 10.3 Å². The SMILES string of the molecule is CS[s+]1cccc1C=C1C(=O)Nc2ccc([N+](=O)[O-])cc21. The Labute approximate surface area is 127 Å². The van der Waals surface area contributed by atoms with Crippen LogP contribution in [0.5, 0.6) is 0 Å². The van der Waals surface area contributed by atoms with Gasteiger partial charge in [-0.2, -0.15) is 0 Å². The number of anilines is 1. The normalized spacial score (nSPS) is 16.0. The van der Waals surface area contributed by atoms with Crippen molar-refractivity contribution in [1.29, 1.82) is 0 Å². The van der Waals surface area contributed by atoms with Crippen LogP contribution in [-0.2, 0) is 4.79 Å². The molecule has 7 heteroatoms. The summed E-state index contributed by atoms with van der Waals surface area (Å²) in [5.41, 5.74) is 1.67. The van der Waals surface area contributed by atoms with Crippen molar-refractivity contribution in [2.75, 3.05) is 11.6 Å². The molecule has 21 heavy (non-hydrogen) atoms. The van der Waals surface area contributed by atoms with E-state index in [1.807, 2.05) is 24.5 Å². The van der Waals surface area contributed by atoms with E-state index in [4.69, 9.17) is 0 Å². The van der Waals surface area contributed by atoms with Gasteiger partial charge in [-0.05, 0) is 12.1 Å². The highest BCUT2D eigenvalue weighted by Gasteiger charge is 2.27. The Bertz CT molecular complexity index is 780. The van der Waals surface area contributed by atoms with Gasteiger partial charge in [0.1, 0.15) is 10.8 Å². The third kappa shape index (κ3) is 2.45. The molecule has 0 aliphatic carbocycles. The highest BCUT2D eigenvalue weighted by Crippen LogP contribution is 2.40. The van der Waals surface area contributed by atoms with Crippen molar-refractivity contribution < 1.29 is 9.72 Å². The second kappa shape index (κ2) is 5.34. The predicted octanol–water partition coefficient (Wildman–Crippen LogP) is 3.96. The summed E-state index contributed by atoms with van der Waals surface area (Å²) in [4.78, 5) is 23.6. The summed E-state index contributed by atoms with van der Waals surface area (Å²) in [5.74, 6) is -0.219. The molecule has 0 fully saturated rings. The van der Waals surface area contributed by atoms with Gasteiger partial charge in [0.05, 0.1) is 20.0 Å². The molecule has 0 saturated heterocycles. The van der Waals surface area contributed by atoms with Gasteiger partial charge in [0.2, 0.25) is 0 Å². The minimum atomic E-state index is -0.455. The second-order valence-corrected chi connectivity index (χ2v) is 8.11. The van der Waals surface area contributed by atoms with Gasteiger partial charge in [-0.25, -0.2) is 0 Å². The Morgan fingerprint density at radius 2 is 2.19 bits per heavy atom. The molecule has 2 aromatic rings. The molecule has 106 valence electrons. The lowest BCUT2D eigenvalue weighted by molar-refractivity contribution is -0.384. The molecule has 1 aromatic carbocycles. The molecule has 0 radical (unpaired) electrons. The van der Waals surface area contributed by atoms with E-state index in [1.54, 1.807) is 16.9 Å². The van der Waals surface area contributed by atoms with Gasteiger partial charge in [0.25, 0.3) is 11.6 Å². The first-order chi connectivity index (χ1) is 10.1. The quantitative estimate of drug-likeness (QED) is 0.305. The van der Waals surface area contributed by atoms with E-state index < -0.39 is 4.92 Å². The largest absolute Gasteiger partial charge is 0.321 e. The number of benzene rings is 1. The Morgan fingerprint density at radius 1 is 1.38 bits per heavy atom. The molecule has 5 nitrogen and oxygen atoms in total. The Kier molecular flexibility index (Phi) is 3.52. The highest BCUT2D eigenvalue weighted by molar-refractivity contribution is 8.45. The number of rotatable bonds is 3. The minimum Gasteiger partial charge on any atom is -0.321 e. The zero-order valence-electron chi connectivity index (χ0n) is 11.0. The molecule has 0 spiro atoms. The molecule has 3 rings (SSSR count). The van der Waals surface area contributed by atoms with Crippen LogP contribution in [0.2, 0.25) is 0 Å². The number of nitrogens with zero attached hydrogens (tertiary/aromatic N) is 1. The predicted molar refractivity (Wildman–Crippen MR) is 87.4 cm³/mol. The summed E-state index contributed by atoms with van der Waals surface area (Å²) in [6.07, 6.45) is 3.84. The molecule has 1 aliphatic heterocycles. The van der Waals surface area contributed by atoms with E-state index >= 15 is 0 Å². The first kappa shape index (κ1) is 13.8. The molecule has 1 aromatic heterocycles. The number of amides is 1. The molecular formula is C14H11N2O3S2+. The first-order valence-corrected chi connectivity index (χ1v) is 9.11. The Morgan fingerprint density at radius 3 is 2.90 bits per heavy atom. The number of thiophene rings is 1. The van der Waals surface area contributed by atoms with Gasteiger partial charge in [-0.15, -0.1) is 0 Å². The van der Waals surface area contributed by atoms with Gasteiger partial charge in [-0.3, -0.25) is 14.9 Å². The number of carbonyl (C=O) groups excluding carboxylic acids is 1. The van der Waals surface area contributed by atoms with Crippen LogP contribution >= 0.6 is 20.3 Å². The topological polar surface area (TPSA) is 72.2 Å². The lowest BCUT2D eigenvalue weighted by atomic mass is 10.1. The monoisotopic (exact) mass is 319 g/mol. The van der Waals surface area contributed by atoms with E-state index in [-0.39, 0.29) is 21.1 Å². The number of nitrogens with one attached hydrogen (secondary N) is 1. The second-order valence-electron chi connectivity index (χ2n) is 4.36. The minimum absolute atomic E-state index is 0.0152. The van der Waals surface area contributed by atoms with Crippen molar-refractivity contribution in [1.82, 2.24) is 0 Å². The van der Waals surface area contributed by atoms with E-state index in [0.29, 0.717) is 16.8 Å². The first-order valence-electron chi connectivity index (χ1n) is 6.08. The molecule has 0 saturated carbocycles. The maximum Gasteiger partial charge on any atom is 0.270 e. The summed E-state index contributed by atoms with van der Waals surface area (Å²) in [5, 5.41) is 15.7. The lowest BCUT2D eigenvalue weighted by Crippen LogP contribution is -2.03. The molecule has 1 atom stereocenters. The van der Waals surface area contributed by atoms with E-state index in [0.717, 1.165) is 4.88 Å². The van der Waals surface area contributed by atoms with Crippen molar-refractivity contribution in [3.05, 3.63) is 56.3 Å². The average Bonchev–Trinajstić information content (AvgIpc) is 3.03. The molecule has 1 N–H and O–H groups in total. The molecule has 1 aliphatic rings. The van der Waals surface area contributed by atoms with Crippen LogP contribution in [0.1, 0.15) is 10.4 Å². The van der Waals surface area contributed by atoms with E-state index in [9.17, 15) is 14.9 Å². The van der Waals surface area contributed by atoms with Gasteiger partial charge in [0, 0.05) is 41.8 Å². The summed E-state index contributed by atoms with van der Waals surface area (Å²) in [7, 11) is 1.64. The zero-order chi connectivity index (χ0) is 15.0. The van der Waals surface area contributed by atoms with Crippen LogP contribution in [0.25, 0.3) is 11.6 Å². The van der Waals surface area contributed by atoms with Crippen molar-refractivity contribution >= 4 is 49.2 Å². The summed E-state index contributed by atoms with van der Waals surface area (Å²) in [6.45, 7) is 0. The maximum absolute atomic E-state index is 12.1. The summed E-state index contributed by atoms with van der Waals surface area (Å²) < 4.78 is 0. The van der Waals surface area contributed by atoms with Gasteiger partial charge in [-0.1, -0.05) is 0 Å². The lowest BCUT2D eigenvalue weighted by Gasteiger charge is -1.97. The molecule has 1 unspecified atom stereocenters. The fraction of sp³-hybridized carbons (Fsp3) is 0.0714. The molecule has 0 bridgehead atoms. The highest BCUT2D eigenvalue weighted by atomic mass is 33.1. The van der Waals surface area contributed by atoms with Gasteiger partial charge < -0.3 is 5.32 Å². The van der Waals surface area contributed by atoms with Crippen molar-refractivity contribution in [3.8, 4) is 0 Å². The maximum atomic E-state index is 12.1. The standard InChI is InChI=1S/C14H10N2O3S2/c1-20-21-6-2-3-10(21)8-12-11-7-9(16(18)19)4-5-13(11)15-14(12)17/h2-8H,1H3/p+1. The smallest absolute Gasteiger partial charge is 0.270 e. The average molecular weight is 319 g/mol. The molecular weight excluding hydrogens is 308 g/mol. The van der Waals surface area contributed by atoms with Crippen molar-refractivity contribution in [3.63, 3.8) is 0 Å². The Balaban J connectivity index is 2.11. The number of fused-ring (bicyclic) bond motifs is 1. The third-order valence-electron chi connectivity index (χ3n) is 3.16. The van der Waals surface area contributed by atoms with Crippen LogP contribution in [0, 0.1) is 10.1 Å². The van der Waals surface area contributed by atoms with Crippen LogP contribution in [0.15, 0.2) is 35.7 Å². The van der Waals surface area contributed by atoms with E-state index in [1.165, 1.54) is 12.1 Å². The fourth-order valence-corrected chi connectivity index (χ4v) is 4.73. The number of non-ortho nitro benzene ring substituents is 1. The fourth-order valence-electron chi connectivity index (χ4n) is 2.18. The van der Waals surface area contributed by atoms with Crippen LogP contribution < -0.4 is 5.32 Å². The number of nitro groups is 1. The number of hydrogen-bond acceptors (Lipinski definition) is 4. The Hall–Kier alpha value is -2.12. The van der Waals surface area contributed by atoms with Crippen molar-refractivity contribution in [2.45, 2.75) is 0 Å². The zero-order valence-corrected chi connectivity index (χ0v) is 12.7. The summed E-state index contributed by atoms with van der Waals surface area (Å²) >= 11 is 0. The van der Waals surface area contributed by atoms with Crippen molar-refractivity contribution in [2.24, 2.45) is 0 Å². The van der Waals surface area contributed by atoms with Crippen LogP contribution in [0.3, 0.4) is 0 Å². The van der Waals surface area contributed by atoms with Crippen LogP contribution in [-0.4, -0.2) is 17.1 Å². The number of hydrogen-bond donors (Lipinski definition) is 1. The third-order valence-corrected chi connectivity index (χ3v) is 6.63. The molecule has 2 heterocycles.